The van der Waals surface area contributed by atoms with E-state index < -0.39 is 39.4 Å². The van der Waals surface area contributed by atoms with Gasteiger partial charge in [0.1, 0.15) is 6.10 Å². The molecular formula is C17H42O5Si4. The number of Topliss-reactive ketones (excluding diaryl/α,β-unsaturated/α-hetero) is 1. The summed E-state index contributed by atoms with van der Waals surface area (Å²) in [6.45, 7) is 25.8. The Morgan fingerprint density at radius 1 is 0.654 bits per heavy atom. The molecule has 0 aromatic rings. The van der Waals surface area contributed by atoms with Gasteiger partial charge < -0.3 is 17.7 Å². The van der Waals surface area contributed by atoms with E-state index in [1.165, 1.54) is 0 Å². The summed E-state index contributed by atoms with van der Waals surface area (Å²) in [6.07, 6.45) is -1.00. The fourth-order valence-corrected chi connectivity index (χ4v) is 5.45. The van der Waals surface area contributed by atoms with Gasteiger partial charge in [0, 0.05) is 0 Å². The fraction of sp³-hybridized carbons (Fsp3) is 0.941. The van der Waals surface area contributed by atoms with Gasteiger partial charge in [-0.3, -0.25) is 4.79 Å². The minimum absolute atomic E-state index is 0.0303. The summed E-state index contributed by atoms with van der Waals surface area (Å²) in [4.78, 5) is 13.0. The molecule has 0 radical (unpaired) electrons. The number of ketones is 1. The lowest BCUT2D eigenvalue weighted by Crippen LogP contribution is -2.52. The van der Waals surface area contributed by atoms with Crippen molar-refractivity contribution in [3.8, 4) is 0 Å². The van der Waals surface area contributed by atoms with Crippen LogP contribution in [0.1, 0.15) is 0 Å². The van der Waals surface area contributed by atoms with E-state index in [1.807, 2.05) is 0 Å². The molecule has 5 nitrogen and oxygen atoms in total. The molecule has 0 aromatic carbocycles. The Kier molecular flexibility index (Phi) is 9.87. The van der Waals surface area contributed by atoms with E-state index in [-0.39, 0.29) is 18.5 Å². The first kappa shape index (κ1) is 26.4. The van der Waals surface area contributed by atoms with Gasteiger partial charge in [-0.25, -0.2) is 0 Å². The molecule has 0 unspecified atom stereocenters. The molecule has 0 heterocycles. The summed E-state index contributed by atoms with van der Waals surface area (Å²) < 4.78 is 24.6. The molecule has 0 saturated heterocycles. The lowest BCUT2D eigenvalue weighted by atomic mass is 10.1. The van der Waals surface area contributed by atoms with Gasteiger partial charge in [0.15, 0.2) is 39.1 Å². The summed E-state index contributed by atoms with van der Waals surface area (Å²) in [5.74, 6) is -0.0303. The zero-order valence-electron chi connectivity index (χ0n) is 19.1. The number of hydrogen-bond donors (Lipinski definition) is 0. The predicted octanol–water partition coefficient (Wildman–Crippen LogP) is 4.70. The first-order chi connectivity index (χ1) is 11.3. The minimum atomic E-state index is -1.94. The summed E-state index contributed by atoms with van der Waals surface area (Å²) in [5.41, 5.74) is 0. The number of rotatable bonds is 12. The van der Waals surface area contributed by atoms with Crippen LogP contribution in [0.2, 0.25) is 78.6 Å². The van der Waals surface area contributed by atoms with E-state index in [9.17, 15) is 4.79 Å². The molecule has 0 bridgehead atoms. The Balaban J connectivity index is 5.50. The molecule has 0 amide bonds. The van der Waals surface area contributed by atoms with Crippen molar-refractivity contribution in [2.24, 2.45) is 0 Å². The molecule has 0 saturated carbocycles. The van der Waals surface area contributed by atoms with Crippen LogP contribution in [0.4, 0.5) is 0 Å². The number of carbonyl (C=O) groups is 1. The zero-order chi connectivity index (χ0) is 21.0. The highest BCUT2D eigenvalue weighted by Gasteiger charge is 2.38. The molecule has 2 atom stereocenters. The molecule has 0 aromatic heterocycles. The van der Waals surface area contributed by atoms with E-state index >= 15 is 0 Å². The van der Waals surface area contributed by atoms with Gasteiger partial charge in [0.2, 0.25) is 0 Å². The molecule has 26 heavy (non-hydrogen) atoms. The number of carbonyl (C=O) groups excluding carboxylic acids is 1. The molecule has 0 rings (SSSR count). The summed E-state index contributed by atoms with van der Waals surface area (Å²) in [5, 5.41) is 0. The molecule has 0 aliphatic rings. The average Bonchev–Trinajstić information content (AvgIpc) is 2.34. The SMILES string of the molecule is C[Si](C)(C)OCC(=O)[C@H](O[Si](C)(C)C)[C@@H](CO[Si](C)(C)C)O[Si](C)(C)C. The maximum atomic E-state index is 13.0. The standard InChI is InChI=1S/C17H42O5Si4/c1-23(2,3)19-13-15(18)17(22-26(10,11)12)16(21-25(7,8)9)14-20-24(4,5)6/h16-17H,13-14H2,1-12H3/t16-,17+/m1/s1. The van der Waals surface area contributed by atoms with Gasteiger partial charge >= 0.3 is 0 Å². The van der Waals surface area contributed by atoms with Gasteiger partial charge in [-0.1, -0.05) is 0 Å². The second-order valence-electron chi connectivity index (χ2n) is 10.7. The molecule has 0 aliphatic carbocycles. The van der Waals surface area contributed by atoms with Crippen LogP contribution in [0.15, 0.2) is 0 Å². The van der Waals surface area contributed by atoms with Crippen LogP contribution in [0.25, 0.3) is 0 Å². The van der Waals surface area contributed by atoms with Gasteiger partial charge in [-0.2, -0.15) is 0 Å². The molecule has 0 N–H and O–H groups in total. The monoisotopic (exact) mass is 438 g/mol. The normalized spacial score (nSPS) is 16.5. The first-order valence-corrected chi connectivity index (χ1v) is 23.1. The van der Waals surface area contributed by atoms with Crippen molar-refractivity contribution in [3.63, 3.8) is 0 Å². The van der Waals surface area contributed by atoms with Crippen molar-refractivity contribution < 1.29 is 22.5 Å². The molecule has 0 spiro atoms. The lowest BCUT2D eigenvalue weighted by molar-refractivity contribution is -0.134. The van der Waals surface area contributed by atoms with Crippen LogP contribution in [0.3, 0.4) is 0 Å². The minimum Gasteiger partial charge on any atom is -0.415 e. The van der Waals surface area contributed by atoms with Gasteiger partial charge in [-0.05, 0) is 78.6 Å². The average molecular weight is 439 g/mol. The highest BCUT2D eigenvalue weighted by molar-refractivity contribution is 6.71. The Bertz CT molecular complexity index is 444. The van der Waals surface area contributed by atoms with Crippen LogP contribution >= 0.6 is 0 Å². The summed E-state index contributed by atoms with van der Waals surface area (Å²) in [7, 11) is -7.32. The maximum Gasteiger partial charge on any atom is 0.187 e. The van der Waals surface area contributed by atoms with Gasteiger partial charge in [0.25, 0.3) is 0 Å². The highest BCUT2D eigenvalue weighted by Crippen LogP contribution is 2.20. The Hall–Kier alpha value is 0.378. The second-order valence-corrected chi connectivity index (χ2v) is 28.7. The molecule has 0 fully saturated rings. The molecular weight excluding hydrogens is 397 g/mol. The van der Waals surface area contributed by atoms with Crippen LogP contribution in [-0.2, 0) is 22.5 Å². The topological polar surface area (TPSA) is 54.0 Å². The van der Waals surface area contributed by atoms with Crippen molar-refractivity contribution in [1.82, 2.24) is 0 Å². The maximum absolute atomic E-state index is 13.0. The third-order valence-corrected chi connectivity index (χ3v) is 6.98. The fourth-order valence-electron chi connectivity index (χ4n) is 2.07. The van der Waals surface area contributed by atoms with E-state index in [1.54, 1.807) is 0 Å². The predicted molar refractivity (Wildman–Crippen MR) is 120 cm³/mol. The third-order valence-electron chi connectivity index (χ3n) is 2.97. The summed E-state index contributed by atoms with van der Waals surface area (Å²) in [6, 6.07) is 0. The zero-order valence-corrected chi connectivity index (χ0v) is 23.1. The van der Waals surface area contributed by atoms with Crippen LogP contribution in [0, 0.1) is 0 Å². The largest absolute Gasteiger partial charge is 0.415 e. The van der Waals surface area contributed by atoms with E-state index in [0.29, 0.717) is 6.61 Å². The van der Waals surface area contributed by atoms with Crippen molar-refractivity contribution in [1.29, 1.82) is 0 Å². The van der Waals surface area contributed by atoms with E-state index in [0.717, 1.165) is 0 Å². The molecule has 9 heteroatoms. The van der Waals surface area contributed by atoms with Gasteiger partial charge in [0.05, 0.1) is 19.3 Å². The van der Waals surface area contributed by atoms with Crippen molar-refractivity contribution in [2.75, 3.05) is 13.2 Å². The summed E-state index contributed by atoms with van der Waals surface area (Å²) >= 11 is 0. The van der Waals surface area contributed by atoms with Crippen LogP contribution in [-0.4, -0.2) is 64.5 Å². The van der Waals surface area contributed by atoms with E-state index in [4.69, 9.17) is 17.7 Å². The van der Waals surface area contributed by atoms with Crippen molar-refractivity contribution in [2.45, 2.75) is 90.8 Å². The van der Waals surface area contributed by atoms with Crippen molar-refractivity contribution >= 4 is 39.1 Å². The van der Waals surface area contributed by atoms with Crippen LogP contribution < -0.4 is 0 Å². The van der Waals surface area contributed by atoms with Gasteiger partial charge in [-0.15, -0.1) is 0 Å². The highest BCUT2D eigenvalue weighted by atomic mass is 28.4. The third kappa shape index (κ3) is 14.4. The quantitative estimate of drug-likeness (QED) is 0.413. The van der Waals surface area contributed by atoms with Crippen molar-refractivity contribution in [3.05, 3.63) is 0 Å². The Morgan fingerprint density at radius 2 is 1.08 bits per heavy atom. The lowest BCUT2D eigenvalue weighted by Gasteiger charge is -2.36. The molecule has 156 valence electrons. The Labute approximate surface area is 165 Å². The first-order valence-electron chi connectivity index (χ1n) is 9.45. The van der Waals surface area contributed by atoms with E-state index in [2.05, 4.69) is 78.6 Å². The smallest absolute Gasteiger partial charge is 0.187 e. The number of hydrogen-bond acceptors (Lipinski definition) is 5. The molecule has 0 aliphatic heterocycles. The second kappa shape index (κ2) is 9.73. The Morgan fingerprint density at radius 3 is 1.42 bits per heavy atom. The van der Waals surface area contributed by atoms with Crippen LogP contribution in [0.5, 0.6) is 0 Å².